The number of thioether (sulfide) groups is 2. The summed E-state index contributed by atoms with van der Waals surface area (Å²) in [6.07, 6.45) is 0.203. The topological polar surface area (TPSA) is 66.0 Å². The first-order valence-corrected chi connectivity index (χ1v) is 17.3. The highest BCUT2D eigenvalue weighted by Gasteiger charge is 2.39. The fourth-order valence-corrected chi connectivity index (χ4v) is 8.27. The molecule has 0 aliphatic heterocycles. The molecule has 0 unspecified atom stereocenters. The molecule has 0 spiro atoms. The van der Waals surface area contributed by atoms with Gasteiger partial charge in [-0.15, -0.1) is 23.5 Å². The van der Waals surface area contributed by atoms with Crippen molar-refractivity contribution in [2.75, 3.05) is 26.4 Å². The number of nitrogens with one attached hydrogen (secondary N) is 1. The number of amides is 1. The van der Waals surface area contributed by atoms with E-state index in [2.05, 4.69) is 35.6 Å². The van der Waals surface area contributed by atoms with Crippen LogP contribution in [0.2, 0.25) is 6.04 Å². The molecule has 0 saturated carbocycles. The zero-order valence-electron chi connectivity index (χ0n) is 23.0. The molecule has 0 fully saturated rings. The molecular weight excluding hydrogens is 547 g/mol. The molecule has 3 aromatic rings. The van der Waals surface area contributed by atoms with Crippen LogP contribution in [0, 0.1) is 0 Å². The van der Waals surface area contributed by atoms with Crippen LogP contribution in [0.5, 0.6) is 5.75 Å². The highest BCUT2D eigenvalue weighted by atomic mass is 32.2. The molecule has 0 aliphatic carbocycles. The first-order valence-electron chi connectivity index (χ1n) is 13.4. The first-order chi connectivity index (χ1) is 19.1. The molecule has 0 radical (unpaired) electrons. The predicted molar refractivity (Wildman–Crippen MR) is 163 cm³/mol. The van der Waals surface area contributed by atoms with Gasteiger partial charge in [0.1, 0.15) is 5.75 Å². The Morgan fingerprint density at radius 3 is 1.69 bits per heavy atom. The number of hydrogen-bond acceptors (Lipinski definition) is 7. The second-order valence-corrected chi connectivity index (χ2v) is 13.4. The zero-order valence-corrected chi connectivity index (χ0v) is 25.7. The third-order valence-corrected chi connectivity index (χ3v) is 10.9. The minimum absolute atomic E-state index is 0.446. The van der Waals surface area contributed by atoms with Crippen LogP contribution in [0.3, 0.4) is 0 Å². The summed E-state index contributed by atoms with van der Waals surface area (Å²) in [6, 6.07) is 27.3. The van der Waals surface area contributed by atoms with E-state index in [-0.39, 0.29) is 0 Å². The van der Waals surface area contributed by atoms with Crippen molar-refractivity contribution < 1.29 is 22.8 Å². The van der Waals surface area contributed by atoms with Crippen LogP contribution in [-0.4, -0.2) is 41.3 Å². The summed E-state index contributed by atoms with van der Waals surface area (Å²) in [4.78, 5) is 15.1. The second kappa shape index (κ2) is 17.4. The zero-order chi connectivity index (χ0) is 27.8. The van der Waals surface area contributed by atoms with Gasteiger partial charge >= 0.3 is 14.9 Å². The highest BCUT2D eigenvalue weighted by molar-refractivity contribution is 7.98. The molecule has 0 aliphatic rings. The van der Waals surface area contributed by atoms with Crippen molar-refractivity contribution in [2.45, 2.75) is 54.5 Å². The molecule has 3 aromatic carbocycles. The summed E-state index contributed by atoms with van der Waals surface area (Å²) in [5.41, 5.74) is 2.22. The van der Waals surface area contributed by atoms with Crippen LogP contribution < -0.4 is 10.1 Å². The van der Waals surface area contributed by atoms with E-state index in [9.17, 15) is 4.79 Å². The Labute approximate surface area is 242 Å². The Bertz CT molecular complexity index is 1040. The standard InChI is InChI=1S/C30H39NO5S2Si/c1-4-33-39(34-5-2,35-6-3)19-13-18-31-30(32)36-27-21-25(23-37-28-14-9-7-10-15-28)20-26(22-27)24-38-29-16-11-8-12-17-29/h7-12,14-17,20-22H,4-6,13,18-19,23-24H2,1-3H3,(H,31,32). The molecule has 9 heteroatoms. The summed E-state index contributed by atoms with van der Waals surface area (Å²) in [5, 5.41) is 2.87. The maximum atomic E-state index is 12.7. The molecule has 3 rings (SSSR count). The third kappa shape index (κ3) is 11.4. The average Bonchev–Trinajstić information content (AvgIpc) is 2.95. The van der Waals surface area contributed by atoms with Crippen molar-refractivity contribution in [3.8, 4) is 5.75 Å². The predicted octanol–water partition coefficient (Wildman–Crippen LogP) is 7.80. The minimum atomic E-state index is -2.73. The van der Waals surface area contributed by atoms with Crippen molar-refractivity contribution in [1.82, 2.24) is 5.32 Å². The Hall–Kier alpha value is -2.27. The van der Waals surface area contributed by atoms with Gasteiger partial charge in [0, 0.05) is 53.7 Å². The van der Waals surface area contributed by atoms with Crippen molar-refractivity contribution >= 4 is 38.4 Å². The normalized spacial score (nSPS) is 11.4. The van der Waals surface area contributed by atoms with E-state index in [1.54, 1.807) is 23.5 Å². The Morgan fingerprint density at radius 1 is 0.744 bits per heavy atom. The molecule has 1 N–H and O–H groups in total. The van der Waals surface area contributed by atoms with E-state index in [0.29, 0.717) is 44.6 Å². The molecule has 0 saturated heterocycles. The fraction of sp³-hybridized carbons (Fsp3) is 0.367. The summed E-state index contributed by atoms with van der Waals surface area (Å²) in [5.74, 6) is 2.11. The maximum Gasteiger partial charge on any atom is 0.500 e. The lowest BCUT2D eigenvalue weighted by Gasteiger charge is -2.28. The van der Waals surface area contributed by atoms with Gasteiger partial charge in [0.15, 0.2) is 0 Å². The van der Waals surface area contributed by atoms with E-state index in [0.717, 1.165) is 22.6 Å². The molecule has 0 aromatic heterocycles. The third-order valence-electron chi connectivity index (χ3n) is 5.56. The van der Waals surface area contributed by atoms with Crippen LogP contribution >= 0.6 is 23.5 Å². The fourth-order valence-electron chi connectivity index (χ4n) is 3.96. The SMILES string of the molecule is CCO[Si](CCCNC(=O)Oc1cc(CSc2ccccc2)cc(CSc2ccccc2)c1)(OCC)OCC. The number of benzene rings is 3. The van der Waals surface area contributed by atoms with E-state index in [1.807, 2.05) is 69.3 Å². The van der Waals surface area contributed by atoms with Crippen LogP contribution in [0.25, 0.3) is 0 Å². The molecule has 39 heavy (non-hydrogen) atoms. The first kappa shape index (κ1) is 31.3. The van der Waals surface area contributed by atoms with E-state index < -0.39 is 14.9 Å². The monoisotopic (exact) mass is 585 g/mol. The van der Waals surface area contributed by atoms with E-state index in [1.165, 1.54) is 9.79 Å². The van der Waals surface area contributed by atoms with Crippen molar-refractivity contribution in [2.24, 2.45) is 0 Å². The lowest BCUT2D eigenvalue weighted by atomic mass is 10.1. The van der Waals surface area contributed by atoms with Gasteiger partial charge in [-0.25, -0.2) is 4.79 Å². The number of rotatable bonds is 17. The van der Waals surface area contributed by atoms with Gasteiger partial charge in [-0.3, -0.25) is 0 Å². The number of ether oxygens (including phenoxy) is 1. The van der Waals surface area contributed by atoms with Crippen molar-refractivity contribution in [1.29, 1.82) is 0 Å². The van der Waals surface area contributed by atoms with Crippen molar-refractivity contribution in [3.63, 3.8) is 0 Å². The van der Waals surface area contributed by atoms with Gasteiger partial charge < -0.3 is 23.3 Å². The van der Waals surface area contributed by atoms with Gasteiger partial charge in [-0.2, -0.15) is 0 Å². The molecule has 0 atom stereocenters. The van der Waals surface area contributed by atoms with Gasteiger partial charge in [0.2, 0.25) is 0 Å². The smallest absolute Gasteiger partial charge is 0.410 e. The van der Waals surface area contributed by atoms with Gasteiger partial charge in [-0.1, -0.05) is 42.5 Å². The lowest BCUT2D eigenvalue weighted by Crippen LogP contribution is -2.46. The highest BCUT2D eigenvalue weighted by Crippen LogP contribution is 2.29. The maximum absolute atomic E-state index is 12.7. The van der Waals surface area contributed by atoms with Gasteiger partial charge in [0.25, 0.3) is 0 Å². The molecule has 210 valence electrons. The minimum Gasteiger partial charge on any atom is -0.410 e. The van der Waals surface area contributed by atoms with Crippen LogP contribution in [0.1, 0.15) is 38.3 Å². The lowest BCUT2D eigenvalue weighted by molar-refractivity contribution is 0.0708. The number of carbonyl (C=O) groups is 1. The van der Waals surface area contributed by atoms with Crippen LogP contribution in [0.4, 0.5) is 4.79 Å². The van der Waals surface area contributed by atoms with Gasteiger partial charge in [0.05, 0.1) is 0 Å². The van der Waals surface area contributed by atoms with Gasteiger partial charge in [-0.05, 0) is 74.7 Å². The Balaban J connectivity index is 1.60. The Morgan fingerprint density at radius 2 is 1.23 bits per heavy atom. The van der Waals surface area contributed by atoms with Crippen molar-refractivity contribution in [3.05, 3.63) is 90.0 Å². The average molecular weight is 586 g/mol. The summed E-state index contributed by atoms with van der Waals surface area (Å²) < 4.78 is 23.4. The molecule has 0 bridgehead atoms. The largest absolute Gasteiger partial charge is 0.500 e. The van der Waals surface area contributed by atoms with Crippen LogP contribution in [0.15, 0.2) is 88.7 Å². The summed E-state index contributed by atoms with van der Waals surface area (Å²) in [6.45, 7) is 7.86. The van der Waals surface area contributed by atoms with E-state index in [4.69, 9.17) is 18.0 Å². The second-order valence-electron chi connectivity index (χ2n) is 8.59. The Kier molecular flexibility index (Phi) is 14.0. The molecule has 6 nitrogen and oxygen atoms in total. The van der Waals surface area contributed by atoms with Crippen LogP contribution in [-0.2, 0) is 24.8 Å². The molecule has 0 heterocycles. The molecule has 1 amide bonds. The summed E-state index contributed by atoms with van der Waals surface area (Å²) in [7, 11) is -2.73. The molecular formula is C30H39NO5S2Si. The summed E-state index contributed by atoms with van der Waals surface area (Å²) >= 11 is 3.52. The number of hydrogen-bond donors (Lipinski definition) is 1. The number of carbonyl (C=O) groups excluding carboxylic acids is 1. The van der Waals surface area contributed by atoms with E-state index >= 15 is 0 Å². The quantitative estimate of drug-likeness (QED) is 0.0985.